The summed E-state index contributed by atoms with van der Waals surface area (Å²) in [7, 11) is 0. The highest BCUT2D eigenvalue weighted by molar-refractivity contribution is 5.92. The van der Waals surface area contributed by atoms with Gasteiger partial charge in [-0.25, -0.2) is 0 Å². The van der Waals surface area contributed by atoms with Gasteiger partial charge in [0.25, 0.3) is 0 Å². The molecular weight excluding hydrogens is 300 g/mol. The van der Waals surface area contributed by atoms with Crippen molar-refractivity contribution < 1.29 is 9.32 Å². The van der Waals surface area contributed by atoms with E-state index in [-0.39, 0.29) is 12.3 Å². The minimum absolute atomic E-state index is 0.109. The van der Waals surface area contributed by atoms with Crippen molar-refractivity contribution in [1.82, 2.24) is 5.16 Å². The number of rotatable bonds is 4. The van der Waals surface area contributed by atoms with Crippen LogP contribution in [0, 0.1) is 20.8 Å². The fourth-order valence-corrected chi connectivity index (χ4v) is 2.44. The van der Waals surface area contributed by atoms with Gasteiger partial charge in [0.05, 0.1) is 12.1 Å². The van der Waals surface area contributed by atoms with Crippen LogP contribution in [-0.4, -0.2) is 11.1 Å². The molecule has 0 aliphatic rings. The summed E-state index contributed by atoms with van der Waals surface area (Å²) < 4.78 is 5.35. The van der Waals surface area contributed by atoms with E-state index in [1.807, 2.05) is 69.3 Å². The van der Waals surface area contributed by atoms with E-state index < -0.39 is 0 Å². The maximum absolute atomic E-state index is 12.2. The summed E-state index contributed by atoms with van der Waals surface area (Å²) in [6, 6.07) is 15.7. The molecule has 1 amide bonds. The van der Waals surface area contributed by atoms with Crippen LogP contribution < -0.4 is 5.32 Å². The molecule has 0 atom stereocenters. The van der Waals surface area contributed by atoms with Gasteiger partial charge in [-0.15, -0.1) is 0 Å². The molecule has 0 fully saturated rings. The standard InChI is InChI=1S/C20H20N2O2/c1-13-4-7-16(8-5-13)19-11-18(22-24-19)12-20(23)21-17-9-6-14(2)15(3)10-17/h4-11H,12H2,1-3H3,(H,21,23). The fourth-order valence-electron chi connectivity index (χ4n) is 2.44. The lowest BCUT2D eigenvalue weighted by Crippen LogP contribution is -2.14. The second-order valence-electron chi connectivity index (χ2n) is 6.07. The first-order chi connectivity index (χ1) is 11.5. The number of amides is 1. The van der Waals surface area contributed by atoms with E-state index in [1.54, 1.807) is 0 Å². The molecule has 3 aromatic rings. The highest BCUT2D eigenvalue weighted by atomic mass is 16.5. The quantitative estimate of drug-likeness (QED) is 0.773. The molecule has 0 spiro atoms. The van der Waals surface area contributed by atoms with Crippen molar-refractivity contribution in [3.05, 3.63) is 70.9 Å². The van der Waals surface area contributed by atoms with Gasteiger partial charge in [-0.1, -0.05) is 41.1 Å². The van der Waals surface area contributed by atoms with E-state index in [0.29, 0.717) is 11.5 Å². The van der Waals surface area contributed by atoms with Crippen LogP contribution >= 0.6 is 0 Å². The summed E-state index contributed by atoms with van der Waals surface area (Å²) in [5.41, 5.74) is 5.90. The number of benzene rings is 2. The molecule has 1 N–H and O–H groups in total. The van der Waals surface area contributed by atoms with E-state index in [0.717, 1.165) is 16.8 Å². The normalized spacial score (nSPS) is 10.6. The van der Waals surface area contributed by atoms with Gasteiger partial charge >= 0.3 is 0 Å². The molecule has 0 radical (unpaired) electrons. The highest BCUT2D eigenvalue weighted by Gasteiger charge is 2.11. The molecule has 0 aliphatic carbocycles. The van der Waals surface area contributed by atoms with Crippen LogP contribution in [0.5, 0.6) is 0 Å². The van der Waals surface area contributed by atoms with Gasteiger partial charge in [0.1, 0.15) is 0 Å². The molecule has 1 aromatic heterocycles. The Kier molecular flexibility index (Phi) is 4.47. The summed E-state index contributed by atoms with van der Waals surface area (Å²) in [5, 5.41) is 6.89. The number of hydrogen-bond acceptors (Lipinski definition) is 3. The predicted octanol–water partition coefficient (Wildman–Crippen LogP) is 4.45. The van der Waals surface area contributed by atoms with Crippen molar-refractivity contribution >= 4 is 11.6 Å². The molecule has 0 saturated carbocycles. The second kappa shape index (κ2) is 6.71. The SMILES string of the molecule is Cc1ccc(-c2cc(CC(=O)Nc3ccc(C)c(C)c3)no2)cc1. The van der Waals surface area contributed by atoms with Gasteiger partial charge in [0.2, 0.25) is 5.91 Å². The van der Waals surface area contributed by atoms with Gasteiger partial charge in [-0.3, -0.25) is 4.79 Å². The largest absolute Gasteiger partial charge is 0.356 e. The summed E-state index contributed by atoms with van der Waals surface area (Å²) in [6.07, 6.45) is 0.183. The molecular formula is C20H20N2O2. The molecule has 0 saturated heterocycles. The number of nitrogens with one attached hydrogen (secondary N) is 1. The van der Waals surface area contributed by atoms with Crippen LogP contribution in [-0.2, 0) is 11.2 Å². The van der Waals surface area contributed by atoms with E-state index in [9.17, 15) is 4.79 Å². The Bertz CT molecular complexity index is 864. The van der Waals surface area contributed by atoms with E-state index in [4.69, 9.17) is 4.52 Å². The van der Waals surface area contributed by atoms with Crippen LogP contribution in [0.3, 0.4) is 0 Å². The smallest absolute Gasteiger partial charge is 0.230 e. The lowest BCUT2D eigenvalue weighted by molar-refractivity contribution is -0.115. The van der Waals surface area contributed by atoms with Gasteiger partial charge < -0.3 is 9.84 Å². The molecule has 3 rings (SSSR count). The van der Waals surface area contributed by atoms with Crippen LogP contribution in [0.4, 0.5) is 5.69 Å². The molecule has 0 aliphatic heterocycles. The zero-order chi connectivity index (χ0) is 17.1. The summed E-state index contributed by atoms with van der Waals surface area (Å²) in [4.78, 5) is 12.2. The Morgan fingerprint density at radius 3 is 2.46 bits per heavy atom. The van der Waals surface area contributed by atoms with Crippen LogP contribution in [0.15, 0.2) is 53.1 Å². The maximum atomic E-state index is 12.2. The van der Waals surface area contributed by atoms with E-state index in [1.165, 1.54) is 11.1 Å². The minimum atomic E-state index is -0.109. The Balaban J connectivity index is 1.66. The first kappa shape index (κ1) is 16.0. The summed E-state index contributed by atoms with van der Waals surface area (Å²) in [6.45, 7) is 6.10. The summed E-state index contributed by atoms with van der Waals surface area (Å²) >= 11 is 0. The molecule has 4 nitrogen and oxygen atoms in total. The van der Waals surface area contributed by atoms with Crippen molar-refractivity contribution in [3.8, 4) is 11.3 Å². The van der Waals surface area contributed by atoms with Crippen LogP contribution in [0.2, 0.25) is 0 Å². The van der Waals surface area contributed by atoms with Crippen molar-refractivity contribution in [2.24, 2.45) is 0 Å². The lowest BCUT2D eigenvalue weighted by Gasteiger charge is -2.06. The Morgan fingerprint density at radius 2 is 1.75 bits per heavy atom. The third-order valence-corrected chi connectivity index (χ3v) is 4.03. The number of carbonyl (C=O) groups is 1. The molecule has 2 aromatic carbocycles. The van der Waals surface area contributed by atoms with Crippen molar-refractivity contribution in [2.75, 3.05) is 5.32 Å². The van der Waals surface area contributed by atoms with Crippen molar-refractivity contribution in [3.63, 3.8) is 0 Å². The van der Waals surface area contributed by atoms with Crippen LogP contribution in [0.25, 0.3) is 11.3 Å². The predicted molar refractivity (Wildman–Crippen MR) is 94.9 cm³/mol. The average molecular weight is 320 g/mol. The number of aryl methyl sites for hydroxylation is 3. The van der Waals surface area contributed by atoms with Gasteiger partial charge in [-0.05, 0) is 44.0 Å². The zero-order valence-electron chi connectivity index (χ0n) is 14.1. The molecule has 24 heavy (non-hydrogen) atoms. The average Bonchev–Trinajstić information content (AvgIpc) is 3.00. The number of anilines is 1. The van der Waals surface area contributed by atoms with Crippen molar-refractivity contribution in [1.29, 1.82) is 0 Å². The molecule has 122 valence electrons. The van der Waals surface area contributed by atoms with Crippen LogP contribution in [0.1, 0.15) is 22.4 Å². The third-order valence-electron chi connectivity index (χ3n) is 4.03. The Morgan fingerprint density at radius 1 is 1.00 bits per heavy atom. The first-order valence-corrected chi connectivity index (χ1v) is 7.91. The van der Waals surface area contributed by atoms with Crippen molar-refractivity contribution in [2.45, 2.75) is 27.2 Å². The Hall–Kier alpha value is -2.88. The molecule has 4 heteroatoms. The minimum Gasteiger partial charge on any atom is -0.356 e. The molecule has 0 bridgehead atoms. The van der Waals surface area contributed by atoms with Gasteiger partial charge in [-0.2, -0.15) is 0 Å². The monoisotopic (exact) mass is 320 g/mol. The summed E-state index contributed by atoms with van der Waals surface area (Å²) in [5.74, 6) is 0.561. The molecule has 1 heterocycles. The maximum Gasteiger partial charge on any atom is 0.230 e. The Labute approximate surface area is 141 Å². The fraction of sp³-hybridized carbons (Fsp3) is 0.200. The number of hydrogen-bond donors (Lipinski definition) is 1. The molecule has 0 unspecified atom stereocenters. The number of nitrogens with zero attached hydrogens (tertiary/aromatic N) is 1. The number of carbonyl (C=O) groups excluding carboxylic acids is 1. The van der Waals surface area contributed by atoms with Gasteiger partial charge in [0.15, 0.2) is 5.76 Å². The lowest BCUT2D eigenvalue weighted by atomic mass is 10.1. The second-order valence-corrected chi connectivity index (χ2v) is 6.07. The van der Waals surface area contributed by atoms with E-state index in [2.05, 4.69) is 10.5 Å². The number of aromatic nitrogens is 1. The zero-order valence-corrected chi connectivity index (χ0v) is 14.1. The topological polar surface area (TPSA) is 55.1 Å². The third kappa shape index (κ3) is 3.71. The first-order valence-electron chi connectivity index (χ1n) is 7.91. The van der Waals surface area contributed by atoms with Gasteiger partial charge in [0, 0.05) is 17.3 Å². The highest BCUT2D eigenvalue weighted by Crippen LogP contribution is 2.21. The van der Waals surface area contributed by atoms with E-state index >= 15 is 0 Å².